The lowest BCUT2D eigenvalue weighted by Crippen LogP contribution is -2.34. The third-order valence-electron chi connectivity index (χ3n) is 3.68. The number of amides is 1. The van der Waals surface area contributed by atoms with Gasteiger partial charge in [0.15, 0.2) is 0 Å². The van der Waals surface area contributed by atoms with Crippen molar-refractivity contribution in [3.8, 4) is 0 Å². The molecule has 0 bridgehead atoms. The molecule has 1 amide bonds. The molecule has 1 atom stereocenters. The summed E-state index contributed by atoms with van der Waals surface area (Å²) in [4.78, 5) is 12.3. The van der Waals surface area contributed by atoms with Gasteiger partial charge >= 0.3 is 0 Å². The van der Waals surface area contributed by atoms with Crippen LogP contribution < -0.4 is 10.0 Å². The normalized spacial score (nSPS) is 12.6. The standard InChI is InChI=1S/C18H21ClN2O3S/c1-25(23,24)21-12-11-20-18(22)13-16(14-7-3-2-4-8-14)15-9-5-6-10-17(15)19/h2-10,16,21H,11-13H2,1H3,(H,20,22). The largest absolute Gasteiger partial charge is 0.355 e. The highest BCUT2D eigenvalue weighted by Crippen LogP contribution is 2.32. The Morgan fingerprint density at radius 1 is 1.04 bits per heavy atom. The van der Waals surface area contributed by atoms with Gasteiger partial charge in [0, 0.05) is 30.5 Å². The van der Waals surface area contributed by atoms with Crippen LogP contribution in [0.5, 0.6) is 0 Å². The van der Waals surface area contributed by atoms with Crippen LogP contribution in [-0.2, 0) is 14.8 Å². The Balaban J connectivity index is 2.07. The first-order valence-electron chi connectivity index (χ1n) is 7.87. The second kappa shape index (κ2) is 8.99. The molecule has 0 aliphatic heterocycles. The number of sulfonamides is 1. The van der Waals surface area contributed by atoms with E-state index in [9.17, 15) is 13.2 Å². The second-order valence-electron chi connectivity index (χ2n) is 5.71. The number of halogens is 1. The van der Waals surface area contributed by atoms with Gasteiger partial charge in [-0.05, 0) is 17.2 Å². The van der Waals surface area contributed by atoms with E-state index in [1.807, 2.05) is 48.5 Å². The lowest BCUT2D eigenvalue weighted by molar-refractivity contribution is -0.121. The molecular formula is C18H21ClN2O3S. The number of carbonyl (C=O) groups excluding carboxylic acids is 1. The molecule has 0 spiro atoms. The predicted octanol–water partition coefficient (Wildman–Crippen LogP) is 2.53. The Bertz CT molecular complexity index is 810. The van der Waals surface area contributed by atoms with Gasteiger partial charge in [-0.3, -0.25) is 4.79 Å². The molecule has 0 aromatic heterocycles. The van der Waals surface area contributed by atoms with Crippen molar-refractivity contribution in [3.63, 3.8) is 0 Å². The van der Waals surface area contributed by atoms with E-state index in [1.54, 1.807) is 6.07 Å². The van der Waals surface area contributed by atoms with Crippen LogP contribution in [0, 0.1) is 0 Å². The van der Waals surface area contributed by atoms with Crippen molar-refractivity contribution >= 4 is 27.5 Å². The molecule has 0 saturated heterocycles. The summed E-state index contributed by atoms with van der Waals surface area (Å²) >= 11 is 6.32. The number of benzene rings is 2. The van der Waals surface area contributed by atoms with Gasteiger partial charge in [-0.25, -0.2) is 13.1 Å². The van der Waals surface area contributed by atoms with Crippen molar-refractivity contribution < 1.29 is 13.2 Å². The smallest absolute Gasteiger partial charge is 0.220 e. The van der Waals surface area contributed by atoms with Crippen LogP contribution >= 0.6 is 11.6 Å². The lowest BCUT2D eigenvalue weighted by Gasteiger charge is -2.19. The predicted molar refractivity (Wildman–Crippen MR) is 100 cm³/mol. The molecule has 2 rings (SSSR count). The van der Waals surface area contributed by atoms with E-state index >= 15 is 0 Å². The van der Waals surface area contributed by atoms with Gasteiger partial charge in [-0.1, -0.05) is 60.1 Å². The Labute approximate surface area is 153 Å². The minimum atomic E-state index is -3.26. The highest BCUT2D eigenvalue weighted by atomic mass is 35.5. The number of hydrogen-bond donors (Lipinski definition) is 2. The highest BCUT2D eigenvalue weighted by molar-refractivity contribution is 7.88. The number of carbonyl (C=O) groups is 1. The Morgan fingerprint density at radius 3 is 2.32 bits per heavy atom. The van der Waals surface area contributed by atoms with Gasteiger partial charge in [-0.2, -0.15) is 0 Å². The molecule has 7 heteroatoms. The van der Waals surface area contributed by atoms with Crippen molar-refractivity contribution in [2.24, 2.45) is 0 Å². The molecule has 0 fully saturated rings. The molecule has 0 heterocycles. The summed E-state index contributed by atoms with van der Waals surface area (Å²) in [6.07, 6.45) is 1.31. The summed E-state index contributed by atoms with van der Waals surface area (Å²) < 4.78 is 24.4. The van der Waals surface area contributed by atoms with Crippen molar-refractivity contribution in [3.05, 3.63) is 70.7 Å². The van der Waals surface area contributed by atoms with Gasteiger partial charge < -0.3 is 5.32 Å². The monoisotopic (exact) mass is 380 g/mol. The zero-order chi connectivity index (χ0) is 18.3. The molecule has 0 aliphatic rings. The Kier molecular flexibility index (Phi) is 6.99. The molecular weight excluding hydrogens is 360 g/mol. The fourth-order valence-electron chi connectivity index (χ4n) is 2.55. The summed E-state index contributed by atoms with van der Waals surface area (Å²) in [6, 6.07) is 17.2. The van der Waals surface area contributed by atoms with E-state index < -0.39 is 10.0 Å². The van der Waals surface area contributed by atoms with Crippen LogP contribution in [0.4, 0.5) is 0 Å². The van der Waals surface area contributed by atoms with Crippen molar-refractivity contribution in [1.82, 2.24) is 10.0 Å². The van der Waals surface area contributed by atoms with Crippen LogP contribution in [0.2, 0.25) is 5.02 Å². The maximum Gasteiger partial charge on any atom is 0.220 e. The summed E-state index contributed by atoms with van der Waals surface area (Å²) in [5, 5.41) is 3.35. The molecule has 25 heavy (non-hydrogen) atoms. The first kappa shape index (κ1) is 19.4. The molecule has 2 aromatic rings. The number of rotatable bonds is 8. The Hall–Kier alpha value is -1.89. The average Bonchev–Trinajstić information content (AvgIpc) is 2.57. The molecule has 1 unspecified atom stereocenters. The quantitative estimate of drug-likeness (QED) is 0.691. The van der Waals surface area contributed by atoms with E-state index in [0.717, 1.165) is 17.4 Å². The zero-order valence-electron chi connectivity index (χ0n) is 13.9. The van der Waals surface area contributed by atoms with Crippen molar-refractivity contribution in [2.45, 2.75) is 12.3 Å². The first-order chi connectivity index (χ1) is 11.9. The topological polar surface area (TPSA) is 75.3 Å². The lowest BCUT2D eigenvalue weighted by atomic mass is 9.88. The molecule has 134 valence electrons. The minimum Gasteiger partial charge on any atom is -0.355 e. The summed E-state index contributed by atoms with van der Waals surface area (Å²) in [6.45, 7) is 0.391. The SMILES string of the molecule is CS(=O)(=O)NCCNC(=O)CC(c1ccccc1)c1ccccc1Cl. The molecule has 0 aliphatic carbocycles. The summed E-state index contributed by atoms with van der Waals surface area (Å²) in [5.74, 6) is -0.332. The molecule has 2 aromatic carbocycles. The minimum absolute atomic E-state index is 0.159. The number of nitrogens with one attached hydrogen (secondary N) is 2. The first-order valence-corrected chi connectivity index (χ1v) is 10.1. The van der Waals surface area contributed by atoms with Crippen LogP contribution in [0.1, 0.15) is 23.5 Å². The van der Waals surface area contributed by atoms with Gasteiger partial charge in [0.1, 0.15) is 0 Å². The van der Waals surface area contributed by atoms with Gasteiger partial charge in [0.25, 0.3) is 0 Å². The van der Waals surface area contributed by atoms with E-state index in [4.69, 9.17) is 11.6 Å². The third kappa shape index (κ3) is 6.49. The van der Waals surface area contributed by atoms with Gasteiger partial charge in [0.05, 0.1) is 6.26 Å². The summed E-state index contributed by atoms with van der Waals surface area (Å²) in [5.41, 5.74) is 1.89. The van der Waals surface area contributed by atoms with Crippen molar-refractivity contribution in [2.75, 3.05) is 19.3 Å². The maximum absolute atomic E-state index is 12.3. The number of hydrogen-bond acceptors (Lipinski definition) is 3. The van der Waals surface area contributed by atoms with Crippen molar-refractivity contribution in [1.29, 1.82) is 0 Å². The van der Waals surface area contributed by atoms with E-state index in [-0.39, 0.29) is 31.3 Å². The van der Waals surface area contributed by atoms with Crippen LogP contribution in [0.3, 0.4) is 0 Å². The van der Waals surface area contributed by atoms with Gasteiger partial charge in [0.2, 0.25) is 15.9 Å². The molecule has 5 nitrogen and oxygen atoms in total. The van der Waals surface area contributed by atoms with Crippen LogP contribution in [0.25, 0.3) is 0 Å². The molecule has 0 radical (unpaired) electrons. The third-order valence-corrected chi connectivity index (χ3v) is 4.76. The fraction of sp³-hybridized carbons (Fsp3) is 0.278. The van der Waals surface area contributed by atoms with E-state index in [2.05, 4.69) is 10.0 Å². The molecule has 2 N–H and O–H groups in total. The van der Waals surface area contributed by atoms with Crippen LogP contribution in [-0.4, -0.2) is 33.7 Å². The fourth-order valence-corrected chi connectivity index (χ4v) is 3.29. The Morgan fingerprint density at radius 2 is 1.68 bits per heavy atom. The molecule has 0 saturated carbocycles. The average molecular weight is 381 g/mol. The maximum atomic E-state index is 12.3. The van der Waals surface area contributed by atoms with E-state index in [1.165, 1.54) is 0 Å². The highest BCUT2D eigenvalue weighted by Gasteiger charge is 2.20. The zero-order valence-corrected chi connectivity index (χ0v) is 15.5. The van der Waals surface area contributed by atoms with Crippen LogP contribution in [0.15, 0.2) is 54.6 Å². The van der Waals surface area contributed by atoms with E-state index in [0.29, 0.717) is 5.02 Å². The van der Waals surface area contributed by atoms with Gasteiger partial charge in [-0.15, -0.1) is 0 Å². The second-order valence-corrected chi connectivity index (χ2v) is 7.95. The summed E-state index contributed by atoms with van der Waals surface area (Å²) in [7, 11) is -3.26.